The molecule has 4 aromatic rings. The normalized spacial score (nSPS) is 11.0. The van der Waals surface area contributed by atoms with Gasteiger partial charge in [0.1, 0.15) is 5.75 Å². The van der Waals surface area contributed by atoms with Crippen LogP contribution in [0.1, 0.15) is 24.5 Å². The van der Waals surface area contributed by atoms with Crippen molar-refractivity contribution in [3.63, 3.8) is 0 Å². The third-order valence-electron chi connectivity index (χ3n) is 4.74. The summed E-state index contributed by atoms with van der Waals surface area (Å²) in [4.78, 5) is 4.87. The van der Waals surface area contributed by atoms with Crippen LogP contribution >= 0.6 is 15.9 Å². The molecule has 0 fully saturated rings. The predicted molar refractivity (Wildman–Crippen MR) is 123 cm³/mol. The SMILES string of the molecule is CCCOc1ccc(-n2c(NCc3ccc(Br)cc3)nc3cc(C)ccc32)cc1. The Balaban J connectivity index is 1.68. The molecule has 5 heteroatoms. The molecule has 0 spiro atoms. The molecule has 0 aliphatic heterocycles. The zero-order chi connectivity index (χ0) is 20.2. The summed E-state index contributed by atoms with van der Waals surface area (Å²) in [6, 6.07) is 22.9. The van der Waals surface area contributed by atoms with E-state index in [0.29, 0.717) is 6.54 Å². The van der Waals surface area contributed by atoms with Gasteiger partial charge < -0.3 is 10.1 Å². The van der Waals surface area contributed by atoms with Crippen LogP contribution in [0.5, 0.6) is 5.75 Å². The summed E-state index contributed by atoms with van der Waals surface area (Å²) in [5.41, 5.74) is 5.51. The van der Waals surface area contributed by atoms with E-state index in [1.807, 2.05) is 12.1 Å². The first-order valence-corrected chi connectivity index (χ1v) is 10.6. The summed E-state index contributed by atoms with van der Waals surface area (Å²) in [7, 11) is 0. The van der Waals surface area contributed by atoms with Crippen LogP contribution in [0.15, 0.2) is 71.2 Å². The Morgan fingerprint density at radius 3 is 2.48 bits per heavy atom. The molecule has 1 N–H and O–H groups in total. The molecule has 4 rings (SSSR count). The van der Waals surface area contributed by atoms with Crippen molar-refractivity contribution in [2.75, 3.05) is 11.9 Å². The van der Waals surface area contributed by atoms with Crippen molar-refractivity contribution in [1.29, 1.82) is 0 Å². The van der Waals surface area contributed by atoms with Gasteiger partial charge in [-0.05, 0) is 73.0 Å². The van der Waals surface area contributed by atoms with Crippen molar-refractivity contribution in [1.82, 2.24) is 9.55 Å². The van der Waals surface area contributed by atoms with Crippen molar-refractivity contribution in [2.24, 2.45) is 0 Å². The number of rotatable bonds is 7. The van der Waals surface area contributed by atoms with E-state index in [-0.39, 0.29) is 0 Å². The van der Waals surface area contributed by atoms with Crippen molar-refractivity contribution in [3.8, 4) is 11.4 Å². The zero-order valence-corrected chi connectivity index (χ0v) is 18.2. The molecule has 1 heterocycles. The molecule has 3 aromatic carbocycles. The van der Waals surface area contributed by atoms with Crippen molar-refractivity contribution in [3.05, 3.63) is 82.3 Å². The van der Waals surface area contributed by atoms with Crippen LogP contribution in [0.2, 0.25) is 0 Å². The lowest BCUT2D eigenvalue weighted by Gasteiger charge is -2.12. The minimum Gasteiger partial charge on any atom is -0.494 e. The first-order chi connectivity index (χ1) is 14.1. The lowest BCUT2D eigenvalue weighted by Crippen LogP contribution is -2.06. The van der Waals surface area contributed by atoms with Gasteiger partial charge in [0.05, 0.1) is 17.6 Å². The van der Waals surface area contributed by atoms with E-state index < -0.39 is 0 Å². The van der Waals surface area contributed by atoms with Gasteiger partial charge in [0.15, 0.2) is 0 Å². The second-order valence-electron chi connectivity index (χ2n) is 7.09. The molecule has 29 heavy (non-hydrogen) atoms. The standard InChI is InChI=1S/C24H24BrN3O/c1-3-14-29-21-11-9-20(10-12-21)28-23-13-4-17(2)15-22(23)27-24(28)26-16-18-5-7-19(25)8-6-18/h4-13,15H,3,14,16H2,1-2H3,(H,26,27). The van der Waals surface area contributed by atoms with Gasteiger partial charge in [0.25, 0.3) is 0 Å². The molecule has 0 amide bonds. The number of nitrogens with one attached hydrogen (secondary N) is 1. The lowest BCUT2D eigenvalue weighted by molar-refractivity contribution is 0.317. The van der Waals surface area contributed by atoms with Gasteiger partial charge in [-0.2, -0.15) is 0 Å². The Bertz CT molecular complexity index is 1100. The average molecular weight is 450 g/mol. The average Bonchev–Trinajstić information content (AvgIpc) is 3.09. The van der Waals surface area contributed by atoms with Crippen LogP contribution < -0.4 is 10.1 Å². The Labute approximate surface area is 179 Å². The largest absolute Gasteiger partial charge is 0.494 e. The minimum atomic E-state index is 0.702. The van der Waals surface area contributed by atoms with Crippen molar-refractivity contribution in [2.45, 2.75) is 26.8 Å². The van der Waals surface area contributed by atoms with E-state index in [1.165, 1.54) is 11.1 Å². The molecule has 0 aliphatic carbocycles. The van der Waals surface area contributed by atoms with Crippen molar-refractivity contribution >= 4 is 32.9 Å². The summed E-state index contributed by atoms with van der Waals surface area (Å²) < 4.78 is 8.97. The number of aryl methyl sites for hydroxylation is 1. The van der Waals surface area contributed by atoms with Crippen LogP contribution in [0.4, 0.5) is 5.95 Å². The van der Waals surface area contributed by atoms with Gasteiger partial charge in [-0.3, -0.25) is 4.57 Å². The van der Waals surface area contributed by atoms with Crippen LogP contribution in [0.3, 0.4) is 0 Å². The van der Waals surface area contributed by atoms with Crippen LogP contribution in [0.25, 0.3) is 16.7 Å². The fraction of sp³-hybridized carbons (Fsp3) is 0.208. The molecule has 0 atom stereocenters. The maximum absolute atomic E-state index is 5.73. The molecule has 0 bridgehead atoms. The van der Waals surface area contributed by atoms with Gasteiger partial charge >= 0.3 is 0 Å². The number of ether oxygens (including phenoxy) is 1. The van der Waals surface area contributed by atoms with Crippen LogP contribution in [0, 0.1) is 6.92 Å². The summed E-state index contributed by atoms with van der Waals surface area (Å²) in [6.45, 7) is 5.63. The van der Waals surface area contributed by atoms with E-state index in [0.717, 1.165) is 45.9 Å². The Morgan fingerprint density at radius 1 is 1.00 bits per heavy atom. The molecule has 148 valence electrons. The Kier molecular flexibility index (Phi) is 5.86. The molecule has 1 aromatic heterocycles. The minimum absolute atomic E-state index is 0.702. The van der Waals surface area contributed by atoms with E-state index in [1.54, 1.807) is 0 Å². The molecular formula is C24H24BrN3O. The van der Waals surface area contributed by atoms with Crippen LogP contribution in [-0.2, 0) is 6.54 Å². The number of benzene rings is 3. The molecule has 0 saturated heterocycles. The third-order valence-corrected chi connectivity index (χ3v) is 5.27. The second-order valence-corrected chi connectivity index (χ2v) is 8.00. The Morgan fingerprint density at radius 2 is 1.76 bits per heavy atom. The maximum atomic E-state index is 5.73. The Hall–Kier alpha value is -2.79. The molecule has 4 nitrogen and oxygen atoms in total. The number of nitrogens with zero attached hydrogens (tertiary/aromatic N) is 2. The van der Waals surface area contributed by atoms with Gasteiger partial charge in [0.2, 0.25) is 5.95 Å². The first kappa shape index (κ1) is 19.5. The molecule has 0 aliphatic rings. The van der Waals surface area contributed by atoms with Gasteiger partial charge in [0, 0.05) is 16.7 Å². The molecular weight excluding hydrogens is 426 g/mol. The first-order valence-electron chi connectivity index (χ1n) is 9.84. The highest BCUT2D eigenvalue weighted by atomic mass is 79.9. The molecule has 0 unspecified atom stereocenters. The van der Waals surface area contributed by atoms with E-state index in [4.69, 9.17) is 9.72 Å². The summed E-state index contributed by atoms with van der Waals surface area (Å²) in [5.74, 6) is 1.72. The fourth-order valence-corrected chi connectivity index (χ4v) is 3.53. The van der Waals surface area contributed by atoms with E-state index >= 15 is 0 Å². The quantitative estimate of drug-likeness (QED) is 0.350. The smallest absolute Gasteiger partial charge is 0.208 e. The summed E-state index contributed by atoms with van der Waals surface area (Å²) in [5, 5.41) is 3.51. The highest BCUT2D eigenvalue weighted by molar-refractivity contribution is 9.10. The lowest BCUT2D eigenvalue weighted by atomic mass is 10.2. The van der Waals surface area contributed by atoms with Crippen molar-refractivity contribution < 1.29 is 4.74 Å². The number of aromatic nitrogens is 2. The second kappa shape index (κ2) is 8.70. The predicted octanol–water partition coefficient (Wildman–Crippen LogP) is 6.50. The molecule has 0 radical (unpaired) electrons. The number of fused-ring (bicyclic) bond motifs is 1. The number of hydrogen-bond acceptors (Lipinski definition) is 3. The zero-order valence-electron chi connectivity index (χ0n) is 16.7. The number of imidazole rings is 1. The molecule has 0 saturated carbocycles. The number of hydrogen-bond donors (Lipinski definition) is 1. The van der Waals surface area contributed by atoms with Gasteiger partial charge in [-0.15, -0.1) is 0 Å². The van der Waals surface area contributed by atoms with Gasteiger partial charge in [-0.25, -0.2) is 4.98 Å². The van der Waals surface area contributed by atoms with Crippen LogP contribution in [-0.4, -0.2) is 16.2 Å². The number of anilines is 1. The summed E-state index contributed by atoms with van der Waals surface area (Å²) >= 11 is 3.49. The fourth-order valence-electron chi connectivity index (χ4n) is 3.26. The van der Waals surface area contributed by atoms with E-state index in [9.17, 15) is 0 Å². The highest BCUT2D eigenvalue weighted by Crippen LogP contribution is 2.27. The highest BCUT2D eigenvalue weighted by Gasteiger charge is 2.13. The summed E-state index contributed by atoms with van der Waals surface area (Å²) in [6.07, 6.45) is 0.997. The number of halogens is 1. The topological polar surface area (TPSA) is 39.1 Å². The maximum Gasteiger partial charge on any atom is 0.208 e. The van der Waals surface area contributed by atoms with Gasteiger partial charge in [-0.1, -0.05) is 41.1 Å². The monoisotopic (exact) mass is 449 g/mol. The van der Waals surface area contributed by atoms with E-state index in [2.05, 4.69) is 94.3 Å². The third kappa shape index (κ3) is 4.46.